The summed E-state index contributed by atoms with van der Waals surface area (Å²) in [6, 6.07) is 30.5. The Balaban J connectivity index is 1.73. The highest BCUT2D eigenvalue weighted by atomic mass is 32.2. The first-order valence-corrected chi connectivity index (χ1v) is 23.6. The summed E-state index contributed by atoms with van der Waals surface area (Å²) in [5.41, 5.74) is 1.42. The van der Waals surface area contributed by atoms with Crippen molar-refractivity contribution in [2.75, 3.05) is 25.0 Å². The highest BCUT2D eigenvalue weighted by molar-refractivity contribution is 7.98. The molecule has 1 nitrogen and oxygen atoms in total. The quantitative estimate of drug-likeness (QED) is 0.127. The summed E-state index contributed by atoms with van der Waals surface area (Å²) in [7, 11) is -3.47. The standard InChI is InChI=1S/C35H54NPSSi2/c1-34(2,3)39(7,8)32-20-16-30(17-21-32)37(26-24-36-25-27-38-28-29-14-12-11-13-15-29)31-18-22-33(23-19-31)40(9,10)35(4,5)6/h11-23,36H,24-28H2,1-10H3. The Kier molecular flexibility index (Phi) is 11.6. The summed E-state index contributed by atoms with van der Waals surface area (Å²) in [4.78, 5) is 0. The fourth-order valence-corrected chi connectivity index (χ4v) is 11.4. The lowest BCUT2D eigenvalue weighted by Crippen LogP contribution is -2.49. The minimum atomic E-state index is -1.54. The molecule has 3 aromatic carbocycles. The van der Waals surface area contributed by atoms with Gasteiger partial charge in [0.1, 0.15) is 0 Å². The summed E-state index contributed by atoms with van der Waals surface area (Å²) in [6.07, 6.45) is 1.18. The number of nitrogens with one attached hydrogen (secondary N) is 1. The maximum absolute atomic E-state index is 3.76. The molecular weight excluding hydrogens is 554 g/mol. The first-order chi connectivity index (χ1) is 18.6. The largest absolute Gasteiger partial charge is 0.316 e. The molecular formula is C35H54NPSSi2. The van der Waals surface area contributed by atoms with Crippen molar-refractivity contribution in [1.82, 2.24) is 5.32 Å². The van der Waals surface area contributed by atoms with E-state index < -0.39 is 24.1 Å². The summed E-state index contributed by atoms with van der Waals surface area (Å²) in [5, 5.41) is 10.6. The van der Waals surface area contributed by atoms with E-state index in [4.69, 9.17) is 0 Å². The maximum Gasteiger partial charge on any atom is 0.0859 e. The van der Waals surface area contributed by atoms with Crippen molar-refractivity contribution < 1.29 is 0 Å². The van der Waals surface area contributed by atoms with Gasteiger partial charge in [0.15, 0.2) is 0 Å². The van der Waals surface area contributed by atoms with Crippen LogP contribution in [0.1, 0.15) is 47.1 Å². The molecule has 0 aliphatic rings. The van der Waals surface area contributed by atoms with Gasteiger partial charge in [-0.05, 0) is 46.9 Å². The second-order valence-electron chi connectivity index (χ2n) is 14.3. The molecule has 0 saturated heterocycles. The lowest BCUT2D eigenvalue weighted by atomic mass is 10.2. The molecule has 218 valence electrons. The lowest BCUT2D eigenvalue weighted by molar-refractivity contribution is 0.729. The molecule has 0 heterocycles. The molecule has 0 spiro atoms. The van der Waals surface area contributed by atoms with Crippen molar-refractivity contribution in [2.24, 2.45) is 0 Å². The van der Waals surface area contributed by atoms with Gasteiger partial charge in [0.2, 0.25) is 0 Å². The molecule has 0 aromatic heterocycles. The van der Waals surface area contributed by atoms with Gasteiger partial charge in [0.25, 0.3) is 0 Å². The third kappa shape index (κ3) is 8.45. The van der Waals surface area contributed by atoms with Crippen molar-refractivity contribution in [3.8, 4) is 0 Å². The Hall–Kier alpha value is -1.17. The normalized spacial score (nSPS) is 13.2. The van der Waals surface area contributed by atoms with Gasteiger partial charge >= 0.3 is 0 Å². The lowest BCUT2D eigenvalue weighted by Gasteiger charge is -2.38. The predicted molar refractivity (Wildman–Crippen MR) is 193 cm³/mol. The fraction of sp³-hybridized carbons (Fsp3) is 0.486. The SMILES string of the molecule is CC(C)(C)[Si](C)(C)c1ccc(P(CCNCCSCc2ccccc2)c2ccc([Si](C)(C)C(C)(C)C)cc2)cc1. The summed E-state index contributed by atoms with van der Waals surface area (Å²) in [6.45, 7) is 26.7. The van der Waals surface area contributed by atoms with Crippen LogP contribution in [0.15, 0.2) is 78.9 Å². The molecule has 5 heteroatoms. The van der Waals surface area contributed by atoms with E-state index in [9.17, 15) is 0 Å². The molecule has 1 N–H and O–H groups in total. The van der Waals surface area contributed by atoms with Gasteiger partial charge in [-0.15, -0.1) is 0 Å². The van der Waals surface area contributed by atoms with Crippen LogP contribution in [0.4, 0.5) is 0 Å². The summed E-state index contributed by atoms with van der Waals surface area (Å²) < 4.78 is 0. The van der Waals surface area contributed by atoms with Crippen molar-refractivity contribution >= 4 is 56.8 Å². The third-order valence-electron chi connectivity index (χ3n) is 9.60. The maximum atomic E-state index is 3.76. The van der Waals surface area contributed by atoms with E-state index in [-0.39, 0.29) is 0 Å². The van der Waals surface area contributed by atoms with Crippen LogP contribution in [0.3, 0.4) is 0 Å². The predicted octanol–water partition coefficient (Wildman–Crippen LogP) is 8.07. The minimum absolute atomic E-state index is 0.348. The smallest absolute Gasteiger partial charge is 0.0859 e. The van der Waals surface area contributed by atoms with E-state index in [0.717, 1.165) is 24.6 Å². The zero-order chi connectivity index (χ0) is 29.6. The molecule has 0 aliphatic heterocycles. The molecule has 0 aliphatic carbocycles. The Bertz CT molecular complexity index is 1110. The number of rotatable bonds is 12. The van der Waals surface area contributed by atoms with Gasteiger partial charge in [-0.3, -0.25) is 0 Å². The Labute approximate surface area is 254 Å². The number of hydrogen-bond acceptors (Lipinski definition) is 2. The van der Waals surface area contributed by atoms with E-state index in [2.05, 4.69) is 152 Å². The van der Waals surface area contributed by atoms with Crippen LogP contribution in [0.5, 0.6) is 0 Å². The van der Waals surface area contributed by atoms with E-state index >= 15 is 0 Å². The Morgan fingerprint density at radius 1 is 0.625 bits per heavy atom. The van der Waals surface area contributed by atoms with Crippen LogP contribution < -0.4 is 26.3 Å². The molecule has 0 saturated carbocycles. The molecule has 40 heavy (non-hydrogen) atoms. The van der Waals surface area contributed by atoms with Gasteiger partial charge in [-0.2, -0.15) is 11.8 Å². The van der Waals surface area contributed by atoms with Crippen molar-refractivity contribution in [3.05, 3.63) is 84.4 Å². The molecule has 0 radical (unpaired) electrons. The Morgan fingerprint density at radius 2 is 1.07 bits per heavy atom. The second kappa shape index (κ2) is 13.9. The highest BCUT2D eigenvalue weighted by Gasteiger charge is 2.37. The molecule has 0 bridgehead atoms. The van der Waals surface area contributed by atoms with E-state index in [1.54, 1.807) is 10.4 Å². The topological polar surface area (TPSA) is 12.0 Å². The number of benzene rings is 3. The average molecular weight is 608 g/mol. The summed E-state index contributed by atoms with van der Waals surface area (Å²) >= 11 is 2.02. The van der Waals surface area contributed by atoms with Crippen molar-refractivity contribution in [2.45, 2.75) is 83.6 Å². The molecule has 3 rings (SSSR count). The molecule has 0 unspecified atom stereocenters. The van der Waals surface area contributed by atoms with Crippen LogP contribution in [0, 0.1) is 0 Å². The van der Waals surface area contributed by atoms with E-state index in [1.165, 1.54) is 22.3 Å². The zero-order valence-electron chi connectivity index (χ0n) is 26.9. The Morgan fingerprint density at radius 3 is 1.50 bits per heavy atom. The van der Waals surface area contributed by atoms with Crippen molar-refractivity contribution in [1.29, 1.82) is 0 Å². The first-order valence-electron chi connectivity index (χ1n) is 15.0. The summed E-state index contributed by atoms with van der Waals surface area (Å²) in [5.74, 6) is 2.24. The van der Waals surface area contributed by atoms with Gasteiger partial charge in [-0.1, -0.05) is 157 Å². The fourth-order valence-electron chi connectivity index (χ4n) is 4.61. The molecule has 0 fully saturated rings. The molecule has 0 amide bonds. The average Bonchev–Trinajstić information content (AvgIpc) is 2.90. The second-order valence-corrected chi connectivity index (χ2v) is 28.4. The van der Waals surface area contributed by atoms with Crippen LogP contribution in [0.25, 0.3) is 0 Å². The van der Waals surface area contributed by atoms with Gasteiger partial charge in [0.05, 0.1) is 16.1 Å². The van der Waals surface area contributed by atoms with E-state index in [0.29, 0.717) is 10.1 Å². The van der Waals surface area contributed by atoms with Crippen LogP contribution in [0.2, 0.25) is 36.3 Å². The zero-order valence-corrected chi connectivity index (χ0v) is 30.6. The van der Waals surface area contributed by atoms with Gasteiger partial charge in [-0.25, -0.2) is 0 Å². The third-order valence-corrected chi connectivity index (χ3v) is 24.2. The monoisotopic (exact) mass is 607 g/mol. The van der Waals surface area contributed by atoms with Gasteiger partial charge < -0.3 is 5.32 Å². The number of thioether (sulfide) groups is 1. The number of hydrogen-bond donors (Lipinski definition) is 1. The van der Waals surface area contributed by atoms with Crippen LogP contribution in [-0.4, -0.2) is 41.2 Å². The van der Waals surface area contributed by atoms with Crippen molar-refractivity contribution in [3.63, 3.8) is 0 Å². The highest BCUT2D eigenvalue weighted by Crippen LogP contribution is 2.38. The first kappa shape index (κ1) is 33.3. The van der Waals surface area contributed by atoms with Gasteiger partial charge in [0, 0.05) is 18.1 Å². The van der Waals surface area contributed by atoms with Crippen LogP contribution >= 0.6 is 19.7 Å². The minimum Gasteiger partial charge on any atom is -0.316 e. The molecule has 3 aromatic rings. The van der Waals surface area contributed by atoms with E-state index in [1.807, 2.05) is 11.8 Å². The molecule has 0 atom stereocenters. The van der Waals surface area contributed by atoms with Crippen LogP contribution in [-0.2, 0) is 5.75 Å².